The van der Waals surface area contributed by atoms with Crippen molar-refractivity contribution < 1.29 is 4.79 Å². The van der Waals surface area contributed by atoms with Gasteiger partial charge in [0, 0.05) is 11.2 Å². The van der Waals surface area contributed by atoms with Crippen LogP contribution in [0.2, 0.25) is 0 Å². The Morgan fingerprint density at radius 3 is 2.83 bits per heavy atom. The Labute approximate surface area is 108 Å². The van der Waals surface area contributed by atoms with E-state index in [1.54, 1.807) is 0 Å². The van der Waals surface area contributed by atoms with Crippen molar-refractivity contribution >= 4 is 11.6 Å². The molecule has 0 radical (unpaired) electrons. The predicted octanol–water partition coefficient (Wildman–Crippen LogP) is 1.77. The highest BCUT2D eigenvalue weighted by atomic mass is 16.2. The van der Waals surface area contributed by atoms with Gasteiger partial charge < -0.3 is 4.90 Å². The highest BCUT2D eigenvalue weighted by molar-refractivity contribution is 5.82. The second-order valence-electron chi connectivity index (χ2n) is 5.63. The van der Waals surface area contributed by atoms with Gasteiger partial charge in [0.1, 0.15) is 0 Å². The number of hydrogen-bond acceptors (Lipinski definition) is 3. The summed E-state index contributed by atoms with van der Waals surface area (Å²) in [7, 11) is 0. The lowest BCUT2D eigenvalue weighted by molar-refractivity contribution is -0.120. The molecule has 1 heterocycles. The molecule has 0 bridgehead atoms. The SMILES string of the molecule is C[C@@H]1CC(C)(C)N(CC(=O)NN)c2ccccc21. The Morgan fingerprint density at radius 2 is 2.17 bits per heavy atom. The number of amides is 1. The molecule has 1 amide bonds. The Bertz CT molecular complexity index is 456. The number of nitrogens with zero attached hydrogens (tertiary/aromatic N) is 1. The van der Waals surface area contributed by atoms with Crippen LogP contribution in [-0.2, 0) is 4.79 Å². The second kappa shape index (κ2) is 4.61. The standard InChI is InChI=1S/C14H21N3O/c1-10-8-14(2,3)17(9-13(18)16-15)12-7-5-4-6-11(10)12/h4-7,10H,8-9,15H2,1-3H3,(H,16,18)/t10-/m1/s1. The summed E-state index contributed by atoms with van der Waals surface area (Å²) in [5, 5.41) is 0. The van der Waals surface area contributed by atoms with E-state index in [2.05, 4.69) is 49.3 Å². The van der Waals surface area contributed by atoms with Crippen molar-refractivity contribution in [3.05, 3.63) is 29.8 Å². The summed E-state index contributed by atoms with van der Waals surface area (Å²) < 4.78 is 0. The molecule has 2 rings (SSSR count). The van der Waals surface area contributed by atoms with Crippen LogP contribution in [0.1, 0.15) is 38.7 Å². The van der Waals surface area contributed by atoms with Gasteiger partial charge in [-0.05, 0) is 37.8 Å². The maximum Gasteiger partial charge on any atom is 0.253 e. The summed E-state index contributed by atoms with van der Waals surface area (Å²) in [6.07, 6.45) is 1.03. The highest BCUT2D eigenvalue weighted by Crippen LogP contribution is 2.42. The van der Waals surface area contributed by atoms with Crippen molar-refractivity contribution in [3.8, 4) is 0 Å². The van der Waals surface area contributed by atoms with Crippen LogP contribution in [0, 0.1) is 0 Å². The van der Waals surface area contributed by atoms with E-state index in [1.165, 1.54) is 5.56 Å². The van der Waals surface area contributed by atoms with E-state index < -0.39 is 0 Å². The van der Waals surface area contributed by atoms with Crippen molar-refractivity contribution in [2.75, 3.05) is 11.4 Å². The number of para-hydroxylation sites is 1. The minimum absolute atomic E-state index is 0.0414. The monoisotopic (exact) mass is 247 g/mol. The average molecular weight is 247 g/mol. The van der Waals surface area contributed by atoms with E-state index in [-0.39, 0.29) is 11.4 Å². The molecule has 98 valence electrons. The van der Waals surface area contributed by atoms with Crippen LogP contribution >= 0.6 is 0 Å². The lowest BCUT2D eigenvalue weighted by Gasteiger charge is -2.47. The van der Waals surface area contributed by atoms with E-state index in [4.69, 9.17) is 5.84 Å². The van der Waals surface area contributed by atoms with Crippen LogP contribution in [0.25, 0.3) is 0 Å². The molecule has 1 aliphatic rings. The first kappa shape index (κ1) is 12.9. The van der Waals surface area contributed by atoms with Crippen LogP contribution < -0.4 is 16.2 Å². The minimum Gasteiger partial charge on any atom is -0.357 e. The van der Waals surface area contributed by atoms with Crippen molar-refractivity contribution in [1.82, 2.24) is 5.43 Å². The first-order chi connectivity index (χ1) is 8.45. The Kier molecular flexibility index (Phi) is 3.30. The molecule has 1 aliphatic heterocycles. The second-order valence-corrected chi connectivity index (χ2v) is 5.63. The molecule has 0 fully saturated rings. The molecule has 4 nitrogen and oxygen atoms in total. The Balaban J connectivity index is 2.41. The fourth-order valence-electron chi connectivity index (χ4n) is 2.93. The number of carbonyl (C=O) groups excluding carboxylic acids is 1. The summed E-state index contributed by atoms with van der Waals surface area (Å²) in [6, 6.07) is 8.29. The third-order valence-electron chi connectivity index (χ3n) is 3.76. The highest BCUT2D eigenvalue weighted by Gasteiger charge is 2.36. The van der Waals surface area contributed by atoms with Crippen molar-refractivity contribution in [2.45, 2.75) is 38.6 Å². The first-order valence-electron chi connectivity index (χ1n) is 6.31. The number of nitrogens with one attached hydrogen (secondary N) is 1. The molecule has 0 aliphatic carbocycles. The molecule has 1 aromatic carbocycles. The van der Waals surface area contributed by atoms with Gasteiger partial charge in [-0.25, -0.2) is 5.84 Å². The largest absolute Gasteiger partial charge is 0.357 e. The number of rotatable bonds is 2. The van der Waals surface area contributed by atoms with Gasteiger partial charge in [0.25, 0.3) is 5.91 Å². The third kappa shape index (κ3) is 2.20. The third-order valence-corrected chi connectivity index (χ3v) is 3.76. The topological polar surface area (TPSA) is 58.4 Å². The Morgan fingerprint density at radius 1 is 1.50 bits per heavy atom. The van der Waals surface area contributed by atoms with Gasteiger partial charge in [-0.1, -0.05) is 25.1 Å². The number of hydrogen-bond donors (Lipinski definition) is 2. The van der Waals surface area contributed by atoms with E-state index in [0.29, 0.717) is 12.5 Å². The van der Waals surface area contributed by atoms with Gasteiger partial charge in [-0.2, -0.15) is 0 Å². The lowest BCUT2D eigenvalue weighted by atomic mass is 9.80. The zero-order chi connectivity index (χ0) is 13.3. The number of nitrogens with two attached hydrogens (primary N) is 1. The lowest BCUT2D eigenvalue weighted by Crippen LogP contribution is -2.53. The zero-order valence-corrected chi connectivity index (χ0v) is 11.2. The number of hydrazine groups is 1. The molecule has 1 atom stereocenters. The summed E-state index contributed by atoms with van der Waals surface area (Å²) in [6.45, 7) is 6.88. The van der Waals surface area contributed by atoms with Crippen LogP contribution in [-0.4, -0.2) is 18.0 Å². The molecule has 3 N–H and O–H groups in total. The average Bonchev–Trinajstić information content (AvgIpc) is 2.33. The minimum atomic E-state index is -0.160. The molecular weight excluding hydrogens is 226 g/mol. The fraction of sp³-hybridized carbons (Fsp3) is 0.500. The van der Waals surface area contributed by atoms with Gasteiger partial charge in [-0.15, -0.1) is 0 Å². The van der Waals surface area contributed by atoms with Gasteiger partial charge in [0.05, 0.1) is 6.54 Å². The van der Waals surface area contributed by atoms with Crippen LogP contribution in [0.4, 0.5) is 5.69 Å². The van der Waals surface area contributed by atoms with Crippen LogP contribution in [0.3, 0.4) is 0 Å². The number of carbonyl (C=O) groups is 1. The summed E-state index contributed by atoms with van der Waals surface area (Å²) in [4.78, 5) is 13.7. The van der Waals surface area contributed by atoms with Crippen molar-refractivity contribution in [1.29, 1.82) is 0 Å². The molecule has 0 unspecified atom stereocenters. The molecule has 1 aromatic rings. The molecule has 18 heavy (non-hydrogen) atoms. The molecule has 4 heteroatoms. The van der Waals surface area contributed by atoms with E-state index in [9.17, 15) is 4.79 Å². The molecule has 0 saturated heterocycles. The van der Waals surface area contributed by atoms with Crippen LogP contribution in [0.15, 0.2) is 24.3 Å². The van der Waals surface area contributed by atoms with E-state index in [0.717, 1.165) is 12.1 Å². The number of fused-ring (bicyclic) bond motifs is 1. The normalized spacial score (nSPS) is 21.3. The maximum atomic E-state index is 11.6. The van der Waals surface area contributed by atoms with Crippen molar-refractivity contribution in [3.63, 3.8) is 0 Å². The predicted molar refractivity (Wildman–Crippen MR) is 73.2 cm³/mol. The summed E-state index contributed by atoms with van der Waals surface area (Å²) in [5.41, 5.74) is 4.62. The van der Waals surface area contributed by atoms with Gasteiger partial charge in [0.2, 0.25) is 0 Å². The Hall–Kier alpha value is -1.55. The molecule has 0 spiro atoms. The molecular formula is C14H21N3O. The smallest absolute Gasteiger partial charge is 0.253 e. The van der Waals surface area contributed by atoms with Crippen LogP contribution in [0.5, 0.6) is 0 Å². The zero-order valence-electron chi connectivity index (χ0n) is 11.2. The maximum absolute atomic E-state index is 11.6. The molecule has 0 aromatic heterocycles. The van der Waals surface area contributed by atoms with E-state index >= 15 is 0 Å². The van der Waals surface area contributed by atoms with E-state index in [1.807, 2.05) is 6.07 Å². The summed E-state index contributed by atoms with van der Waals surface area (Å²) in [5.74, 6) is 5.55. The fourth-order valence-corrected chi connectivity index (χ4v) is 2.93. The van der Waals surface area contributed by atoms with Crippen molar-refractivity contribution in [2.24, 2.45) is 5.84 Å². The number of anilines is 1. The first-order valence-corrected chi connectivity index (χ1v) is 6.31. The van der Waals surface area contributed by atoms with Gasteiger partial charge >= 0.3 is 0 Å². The van der Waals surface area contributed by atoms with Gasteiger partial charge in [-0.3, -0.25) is 10.2 Å². The summed E-state index contributed by atoms with van der Waals surface area (Å²) >= 11 is 0. The number of benzene rings is 1. The van der Waals surface area contributed by atoms with Gasteiger partial charge in [0.15, 0.2) is 0 Å². The molecule has 0 saturated carbocycles. The quantitative estimate of drug-likeness (QED) is 0.476.